The number of nitrogens with zero attached hydrogens (tertiary/aromatic N) is 4. The van der Waals surface area contributed by atoms with Gasteiger partial charge in [-0.05, 0) is 58.5 Å². The van der Waals surface area contributed by atoms with Crippen LogP contribution in [0.25, 0.3) is 5.69 Å². The van der Waals surface area contributed by atoms with E-state index in [4.69, 9.17) is 16.3 Å². The lowest BCUT2D eigenvalue weighted by molar-refractivity contribution is -0.115. The molecule has 0 spiro atoms. The molecule has 2 N–H and O–H groups in total. The van der Waals surface area contributed by atoms with Gasteiger partial charge in [0.2, 0.25) is 11.1 Å². The molecular weight excluding hydrogens is 450 g/mol. The quantitative estimate of drug-likeness (QED) is 0.386. The van der Waals surface area contributed by atoms with Crippen molar-refractivity contribution in [3.63, 3.8) is 0 Å². The van der Waals surface area contributed by atoms with Crippen molar-refractivity contribution in [1.82, 2.24) is 20.2 Å². The number of thioether (sulfide) groups is 1. The number of anilines is 1. The second-order valence-corrected chi connectivity index (χ2v) is 8.12. The zero-order valence-electron chi connectivity index (χ0n) is 16.8. The highest BCUT2D eigenvalue weighted by molar-refractivity contribution is 8.00. The summed E-state index contributed by atoms with van der Waals surface area (Å²) in [6, 6.07) is 20.8. The summed E-state index contributed by atoms with van der Waals surface area (Å²) in [6.45, 7) is 0. The second-order valence-electron chi connectivity index (χ2n) is 6.64. The normalized spacial score (nSPS) is 11.7. The number of halogens is 1. The number of carbonyl (C=O) groups is 1. The van der Waals surface area contributed by atoms with Crippen molar-refractivity contribution in [3.8, 4) is 17.2 Å². The van der Waals surface area contributed by atoms with Crippen LogP contribution in [0.1, 0.15) is 10.8 Å². The number of phenolic OH excluding ortho intramolecular Hbond substituents is 1. The molecule has 1 heterocycles. The number of rotatable bonds is 7. The van der Waals surface area contributed by atoms with Crippen LogP contribution in [0.5, 0.6) is 11.5 Å². The first-order valence-electron chi connectivity index (χ1n) is 9.49. The maximum atomic E-state index is 13.3. The lowest BCUT2D eigenvalue weighted by Gasteiger charge is -2.17. The van der Waals surface area contributed by atoms with E-state index in [1.54, 1.807) is 42.5 Å². The maximum Gasteiger partial charge on any atom is 0.242 e. The number of tetrazole rings is 1. The summed E-state index contributed by atoms with van der Waals surface area (Å²) in [4.78, 5) is 13.3. The number of hydrogen-bond acceptors (Lipinski definition) is 7. The molecular formula is C22H18ClN5O3S. The molecule has 4 aromatic rings. The van der Waals surface area contributed by atoms with Crippen molar-refractivity contribution in [2.24, 2.45) is 0 Å². The molecule has 0 saturated heterocycles. The van der Waals surface area contributed by atoms with Crippen LogP contribution in [-0.4, -0.2) is 38.3 Å². The molecule has 0 bridgehead atoms. The van der Waals surface area contributed by atoms with E-state index < -0.39 is 5.25 Å². The van der Waals surface area contributed by atoms with Gasteiger partial charge in [-0.2, -0.15) is 4.68 Å². The fraction of sp³-hybridized carbons (Fsp3) is 0.0909. The first kappa shape index (κ1) is 21.7. The van der Waals surface area contributed by atoms with Crippen molar-refractivity contribution < 1.29 is 14.6 Å². The van der Waals surface area contributed by atoms with Crippen LogP contribution in [0, 0.1) is 0 Å². The van der Waals surface area contributed by atoms with Crippen LogP contribution < -0.4 is 10.1 Å². The van der Waals surface area contributed by atoms with Gasteiger partial charge in [-0.3, -0.25) is 4.79 Å². The molecule has 1 aromatic heterocycles. The predicted octanol–water partition coefficient (Wildman–Crippen LogP) is 4.50. The smallest absolute Gasteiger partial charge is 0.242 e. The van der Waals surface area contributed by atoms with E-state index in [1.807, 2.05) is 30.3 Å². The lowest BCUT2D eigenvalue weighted by atomic mass is 10.1. The van der Waals surface area contributed by atoms with E-state index in [-0.39, 0.29) is 11.7 Å². The molecule has 0 aliphatic carbocycles. The highest BCUT2D eigenvalue weighted by atomic mass is 35.5. The zero-order valence-corrected chi connectivity index (χ0v) is 18.4. The number of benzene rings is 3. The molecule has 162 valence electrons. The Kier molecular flexibility index (Phi) is 6.58. The number of hydrogen-bond donors (Lipinski definition) is 2. The summed E-state index contributed by atoms with van der Waals surface area (Å²) in [7, 11) is 1.53. The Balaban J connectivity index is 1.63. The third-order valence-corrected chi connectivity index (χ3v) is 6.00. The number of carbonyl (C=O) groups excluding carboxylic acids is 1. The fourth-order valence-electron chi connectivity index (χ4n) is 2.97. The lowest BCUT2D eigenvalue weighted by Crippen LogP contribution is -2.19. The molecule has 0 aliphatic rings. The minimum atomic E-state index is -0.640. The van der Waals surface area contributed by atoms with Crippen LogP contribution >= 0.6 is 23.4 Å². The van der Waals surface area contributed by atoms with Gasteiger partial charge in [-0.1, -0.05) is 53.7 Å². The summed E-state index contributed by atoms with van der Waals surface area (Å²) in [5, 5.41) is 24.5. The number of phenols is 1. The standard InChI is InChI=1S/C22H18ClN5O3S/c1-31-19-12-7-15(13-18(19)23)24-21(30)20(14-5-3-2-4-6-14)32-22-25-26-27-28(22)16-8-10-17(29)11-9-16/h2-13,20,29H,1H3,(H,24,30)/t20-/m0/s1. The minimum absolute atomic E-state index is 0.135. The van der Waals surface area contributed by atoms with Crippen LogP contribution in [-0.2, 0) is 4.79 Å². The number of ether oxygens (including phenoxy) is 1. The Labute approximate surface area is 193 Å². The minimum Gasteiger partial charge on any atom is -0.508 e. The van der Waals surface area contributed by atoms with E-state index in [9.17, 15) is 9.90 Å². The topological polar surface area (TPSA) is 102 Å². The highest BCUT2D eigenvalue weighted by Crippen LogP contribution is 2.36. The van der Waals surface area contributed by atoms with Gasteiger partial charge in [0.05, 0.1) is 17.8 Å². The van der Waals surface area contributed by atoms with Gasteiger partial charge in [0, 0.05) is 5.69 Å². The van der Waals surface area contributed by atoms with Crippen LogP contribution in [0.3, 0.4) is 0 Å². The third-order valence-electron chi connectivity index (χ3n) is 4.52. The summed E-state index contributed by atoms with van der Waals surface area (Å²) in [5.41, 5.74) is 1.99. The molecule has 0 unspecified atom stereocenters. The van der Waals surface area contributed by atoms with E-state index in [0.717, 1.165) is 5.56 Å². The Hall–Kier alpha value is -3.56. The molecule has 3 aromatic carbocycles. The third kappa shape index (κ3) is 4.84. The number of nitrogens with one attached hydrogen (secondary N) is 1. The highest BCUT2D eigenvalue weighted by Gasteiger charge is 2.25. The van der Waals surface area contributed by atoms with Crippen LogP contribution in [0.2, 0.25) is 5.02 Å². The summed E-state index contributed by atoms with van der Waals surface area (Å²) < 4.78 is 6.68. The van der Waals surface area contributed by atoms with Crippen molar-refractivity contribution >= 4 is 35.0 Å². The average molecular weight is 468 g/mol. The van der Waals surface area contributed by atoms with Gasteiger partial charge in [0.15, 0.2) is 0 Å². The molecule has 1 atom stereocenters. The van der Waals surface area contributed by atoms with E-state index >= 15 is 0 Å². The van der Waals surface area contributed by atoms with Gasteiger partial charge in [-0.15, -0.1) is 5.10 Å². The largest absolute Gasteiger partial charge is 0.508 e. The van der Waals surface area contributed by atoms with E-state index in [2.05, 4.69) is 20.8 Å². The van der Waals surface area contributed by atoms with Crippen molar-refractivity contribution in [3.05, 3.63) is 83.4 Å². The summed E-state index contributed by atoms with van der Waals surface area (Å²) in [5.74, 6) is 0.394. The Morgan fingerprint density at radius 3 is 2.56 bits per heavy atom. The predicted molar refractivity (Wildman–Crippen MR) is 122 cm³/mol. The molecule has 0 aliphatic heterocycles. The maximum absolute atomic E-state index is 13.3. The summed E-state index contributed by atoms with van der Waals surface area (Å²) in [6.07, 6.45) is 0. The number of amides is 1. The second kappa shape index (κ2) is 9.71. The monoisotopic (exact) mass is 467 g/mol. The van der Waals surface area contributed by atoms with Crippen molar-refractivity contribution in [2.75, 3.05) is 12.4 Å². The molecule has 0 saturated carbocycles. The van der Waals surface area contributed by atoms with Gasteiger partial charge < -0.3 is 15.2 Å². The van der Waals surface area contributed by atoms with Crippen LogP contribution in [0.4, 0.5) is 5.69 Å². The van der Waals surface area contributed by atoms with Crippen LogP contribution in [0.15, 0.2) is 78.0 Å². The molecule has 1 amide bonds. The Morgan fingerprint density at radius 2 is 1.88 bits per heavy atom. The van der Waals surface area contributed by atoms with Gasteiger partial charge >= 0.3 is 0 Å². The number of methoxy groups -OCH3 is 1. The first-order chi connectivity index (χ1) is 15.5. The molecule has 8 nitrogen and oxygen atoms in total. The SMILES string of the molecule is COc1ccc(NC(=O)[C@@H](Sc2nnnn2-c2ccc(O)cc2)c2ccccc2)cc1Cl. The zero-order chi connectivity index (χ0) is 22.5. The van der Waals surface area contributed by atoms with Crippen molar-refractivity contribution in [1.29, 1.82) is 0 Å². The average Bonchev–Trinajstić information content (AvgIpc) is 3.27. The molecule has 0 fully saturated rings. The number of aromatic hydroxyl groups is 1. The van der Waals surface area contributed by atoms with Crippen molar-refractivity contribution in [2.45, 2.75) is 10.4 Å². The van der Waals surface area contributed by atoms with Gasteiger partial charge in [0.25, 0.3) is 0 Å². The first-order valence-corrected chi connectivity index (χ1v) is 10.7. The Morgan fingerprint density at radius 1 is 1.12 bits per heavy atom. The Bertz CT molecular complexity index is 1220. The molecule has 32 heavy (non-hydrogen) atoms. The fourth-order valence-corrected chi connectivity index (χ4v) is 4.22. The molecule has 10 heteroatoms. The van der Waals surface area contributed by atoms with E-state index in [0.29, 0.717) is 27.3 Å². The number of aromatic nitrogens is 4. The van der Waals surface area contributed by atoms with Gasteiger partial charge in [0.1, 0.15) is 16.7 Å². The molecule has 4 rings (SSSR count). The summed E-state index contributed by atoms with van der Waals surface area (Å²) >= 11 is 7.40. The molecule has 0 radical (unpaired) electrons. The van der Waals surface area contributed by atoms with Gasteiger partial charge in [-0.25, -0.2) is 0 Å². The van der Waals surface area contributed by atoms with E-state index in [1.165, 1.54) is 23.6 Å².